The van der Waals surface area contributed by atoms with E-state index < -0.39 is 5.60 Å². The van der Waals surface area contributed by atoms with Crippen LogP contribution < -0.4 is 0 Å². The van der Waals surface area contributed by atoms with Crippen LogP contribution in [0.15, 0.2) is 0 Å². The Morgan fingerprint density at radius 3 is 2.46 bits per heavy atom. The molecule has 1 nitrogen and oxygen atoms in total. The first-order chi connectivity index (χ1) is 5.92. The van der Waals surface area contributed by atoms with Crippen molar-refractivity contribution >= 4 is 0 Å². The SMILES string of the molecule is C#C[C@@]1(O)C[C@@H]2C[C@H]1[C@H](C)C2(C)C. The molecule has 1 N–H and O–H groups in total. The average molecular weight is 178 g/mol. The van der Waals surface area contributed by atoms with Gasteiger partial charge in [-0.15, -0.1) is 6.42 Å². The minimum Gasteiger partial charge on any atom is -0.377 e. The minimum atomic E-state index is -0.792. The van der Waals surface area contributed by atoms with Gasteiger partial charge in [-0.05, 0) is 30.1 Å². The first-order valence-electron chi connectivity index (χ1n) is 5.12. The molecule has 0 heterocycles. The summed E-state index contributed by atoms with van der Waals surface area (Å²) in [6, 6.07) is 0. The van der Waals surface area contributed by atoms with Crippen LogP contribution in [0.1, 0.15) is 33.6 Å². The Bertz CT molecular complexity index is 269. The van der Waals surface area contributed by atoms with Crippen molar-refractivity contribution in [1.29, 1.82) is 0 Å². The lowest BCUT2D eigenvalue weighted by molar-refractivity contribution is -0.0249. The maximum atomic E-state index is 10.2. The third-order valence-corrected chi connectivity index (χ3v) is 4.79. The van der Waals surface area contributed by atoms with Crippen LogP contribution in [0.25, 0.3) is 0 Å². The molecule has 0 saturated heterocycles. The normalized spacial score (nSPS) is 52.1. The Balaban J connectivity index is 2.33. The summed E-state index contributed by atoms with van der Waals surface area (Å²) >= 11 is 0. The topological polar surface area (TPSA) is 20.2 Å². The maximum absolute atomic E-state index is 10.2. The molecule has 4 atom stereocenters. The van der Waals surface area contributed by atoms with Crippen molar-refractivity contribution in [2.24, 2.45) is 23.2 Å². The predicted octanol–water partition coefficient (Wildman–Crippen LogP) is 2.05. The second-order valence-electron chi connectivity index (χ2n) is 5.42. The Labute approximate surface area is 80.5 Å². The standard InChI is InChI=1S/C12H18O/c1-5-12(13)7-9-6-10(12)8(2)11(9,3)4/h1,8-10,13H,6-7H2,2-4H3/t8-,9-,10-,12+/m0/s1. The molecule has 2 aliphatic rings. The molecule has 0 unspecified atom stereocenters. The first-order valence-corrected chi connectivity index (χ1v) is 5.12. The fourth-order valence-electron chi connectivity index (χ4n) is 3.35. The summed E-state index contributed by atoms with van der Waals surface area (Å²) in [4.78, 5) is 0. The quantitative estimate of drug-likeness (QED) is 0.563. The van der Waals surface area contributed by atoms with E-state index in [0.717, 1.165) is 12.8 Å². The molecular weight excluding hydrogens is 160 g/mol. The van der Waals surface area contributed by atoms with Crippen LogP contribution in [0.4, 0.5) is 0 Å². The zero-order valence-electron chi connectivity index (χ0n) is 8.67. The second kappa shape index (κ2) is 2.30. The summed E-state index contributed by atoms with van der Waals surface area (Å²) in [6.45, 7) is 6.84. The van der Waals surface area contributed by atoms with Gasteiger partial charge in [0.2, 0.25) is 0 Å². The van der Waals surface area contributed by atoms with E-state index in [1.807, 2.05) is 0 Å². The van der Waals surface area contributed by atoms with Crippen molar-refractivity contribution < 1.29 is 5.11 Å². The van der Waals surface area contributed by atoms with E-state index in [1.165, 1.54) is 0 Å². The molecule has 1 heteroatoms. The van der Waals surface area contributed by atoms with Gasteiger partial charge in [0.25, 0.3) is 0 Å². The molecule has 0 aliphatic heterocycles. The highest BCUT2D eigenvalue weighted by Crippen LogP contribution is 2.62. The van der Waals surface area contributed by atoms with Gasteiger partial charge in [-0.1, -0.05) is 26.7 Å². The highest BCUT2D eigenvalue weighted by Gasteiger charge is 2.60. The van der Waals surface area contributed by atoms with Gasteiger partial charge in [-0.25, -0.2) is 0 Å². The zero-order valence-corrected chi connectivity index (χ0v) is 8.67. The Morgan fingerprint density at radius 2 is 2.08 bits per heavy atom. The molecule has 2 saturated carbocycles. The van der Waals surface area contributed by atoms with Gasteiger partial charge < -0.3 is 5.11 Å². The van der Waals surface area contributed by atoms with E-state index in [0.29, 0.717) is 23.2 Å². The molecule has 0 aromatic rings. The third-order valence-electron chi connectivity index (χ3n) is 4.79. The van der Waals surface area contributed by atoms with E-state index in [1.54, 1.807) is 0 Å². The molecule has 0 amide bonds. The van der Waals surface area contributed by atoms with E-state index in [-0.39, 0.29) is 0 Å². The molecule has 13 heavy (non-hydrogen) atoms. The second-order valence-corrected chi connectivity index (χ2v) is 5.42. The van der Waals surface area contributed by atoms with Crippen LogP contribution >= 0.6 is 0 Å². The zero-order chi connectivity index (χ0) is 9.85. The number of rotatable bonds is 0. The monoisotopic (exact) mass is 178 g/mol. The van der Waals surface area contributed by atoms with E-state index >= 15 is 0 Å². The number of terminal acetylenes is 1. The average Bonchev–Trinajstić information content (AvgIpc) is 2.51. The lowest BCUT2D eigenvalue weighted by atomic mass is 9.65. The summed E-state index contributed by atoms with van der Waals surface area (Å²) in [6.07, 6.45) is 7.34. The van der Waals surface area contributed by atoms with Crippen molar-refractivity contribution in [3.05, 3.63) is 0 Å². The van der Waals surface area contributed by atoms with Crippen LogP contribution in [-0.2, 0) is 0 Å². The molecular formula is C12H18O. The van der Waals surface area contributed by atoms with Crippen molar-refractivity contribution in [3.63, 3.8) is 0 Å². The molecule has 2 fully saturated rings. The van der Waals surface area contributed by atoms with Crippen LogP contribution in [0, 0.1) is 35.5 Å². The van der Waals surface area contributed by atoms with Gasteiger partial charge in [-0.3, -0.25) is 0 Å². The number of hydrogen-bond acceptors (Lipinski definition) is 1. The Hall–Kier alpha value is -0.480. The minimum absolute atomic E-state index is 0.331. The summed E-state index contributed by atoms with van der Waals surface area (Å²) < 4.78 is 0. The van der Waals surface area contributed by atoms with Crippen molar-refractivity contribution in [1.82, 2.24) is 0 Å². The predicted molar refractivity (Wildman–Crippen MR) is 52.9 cm³/mol. The molecule has 2 aliphatic carbocycles. The van der Waals surface area contributed by atoms with Crippen LogP contribution in [0.2, 0.25) is 0 Å². The molecule has 0 aromatic heterocycles. The molecule has 2 bridgehead atoms. The summed E-state index contributed by atoms with van der Waals surface area (Å²) in [7, 11) is 0. The van der Waals surface area contributed by atoms with Crippen LogP contribution in [-0.4, -0.2) is 10.7 Å². The smallest absolute Gasteiger partial charge is 0.128 e. The number of hydrogen-bond donors (Lipinski definition) is 1. The molecule has 0 radical (unpaired) electrons. The van der Waals surface area contributed by atoms with Crippen molar-refractivity contribution in [3.8, 4) is 12.3 Å². The van der Waals surface area contributed by atoms with Gasteiger partial charge in [-0.2, -0.15) is 0 Å². The largest absolute Gasteiger partial charge is 0.377 e. The van der Waals surface area contributed by atoms with Gasteiger partial charge in [0.05, 0.1) is 0 Å². The Morgan fingerprint density at radius 1 is 1.46 bits per heavy atom. The van der Waals surface area contributed by atoms with Gasteiger partial charge in [0.15, 0.2) is 0 Å². The van der Waals surface area contributed by atoms with Crippen molar-refractivity contribution in [2.45, 2.75) is 39.2 Å². The number of fused-ring (bicyclic) bond motifs is 2. The molecule has 2 rings (SSSR count). The van der Waals surface area contributed by atoms with Gasteiger partial charge >= 0.3 is 0 Å². The van der Waals surface area contributed by atoms with Crippen molar-refractivity contribution in [2.75, 3.05) is 0 Å². The first kappa shape index (κ1) is 9.09. The summed E-state index contributed by atoms with van der Waals surface area (Å²) in [5, 5.41) is 10.2. The fraction of sp³-hybridized carbons (Fsp3) is 0.833. The molecule has 72 valence electrons. The highest BCUT2D eigenvalue weighted by atomic mass is 16.3. The lowest BCUT2D eigenvalue weighted by Gasteiger charge is -2.42. The third kappa shape index (κ3) is 0.929. The summed E-state index contributed by atoms with van der Waals surface area (Å²) in [5.41, 5.74) is -0.423. The van der Waals surface area contributed by atoms with Gasteiger partial charge in [0, 0.05) is 5.92 Å². The highest BCUT2D eigenvalue weighted by molar-refractivity contribution is 5.21. The van der Waals surface area contributed by atoms with Crippen LogP contribution in [0.3, 0.4) is 0 Å². The maximum Gasteiger partial charge on any atom is 0.128 e. The van der Waals surface area contributed by atoms with Crippen LogP contribution in [0.5, 0.6) is 0 Å². The van der Waals surface area contributed by atoms with E-state index in [2.05, 4.69) is 26.7 Å². The molecule has 0 spiro atoms. The molecule has 0 aromatic carbocycles. The van der Waals surface area contributed by atoms with Gasteiger partial charge in [0.1, 0.15) is 5.60 Å². The lowest BCUT2D eigenvalue weighted by Crippen LogP contribution is -2.43. The summed E-state index contributed by atoms with van der Waals surface area (Å²) in [5.74, 6) is 4.09. The fourth-order valence-corrected chi connectivity index (χ4v) is 3.35. The Kier molecular flexibility index (Phi) is 1.61. The number of aliphatic hydroxyl groups is 1. The van der Waals surface area contributed by atoms with E-state index in [4.69, 9.17) is 6.42 Å². The van der Waals surface area contributed by atoms with E-state index in [9.17, 15) is 5.11 Å².